The second-order valence-corrected chi connectivity index (χ2v) is 17.1. The first-order valence-corrected chi connectivity index (χ1v) is 21.3. The lowest BCUT2D eigenvalue weighted by molar-refractivity contribution is 0.563. The minimum absolute atomic E-state index is 0.123. The zero-order chi connectivity index (χ0) is 39.6. The van der Waals surface area contributed by atoms with Gasteiger partial charge in [-0.05, 0) is 122 Å². The smallest absolute Gasteiger partial charge is 0.0719 e. The molecule has 4 aliphatic rings. The summed E-state index contributed by atoms with van der Waals surface area (Å²) in [6.07, 6.45) is 19.1. The van der Waals surface area contributed by atoms with Gasteiger partial charge in [0.2, 0.25) is 0 Å². The van der Waals surface area contributed by atoms with E-state index in [1.165, 1.54) is 78.0 Å². The van der Waals surface area contributed by atoms with Crippen LogP contribution < -0.4 is 4.90 Å². The van der Waals surface area contributed by atoms with Crippen molar-refractivity contribution >= 4 is 22.6 Å². The molecule has 0 aliphatic heterocycles. The molecule has 4 aliphatic carbocycles. The monoisotopic (exact) mass is 757 g/mol. The van der Waals surface area contributed by atoms with Crippen molar-refractivity contribution in [1.82, 2.24) is 0 Å². The fourth-order valence-electron chi connectivity index (χ4n) is 10.7. The summed E-state index contributed by atoms with van der Waals surface area (Å²) < 4.78 is 0. The van der Waals surface area contributed by atoms with Crippen LogP contribution in [0, 0.1) is 0 Å². The van der Waals surface area contributed by atoms with Crippen molar-refractivity contribution in [2.45, 2.75) is 49.9 Å². The molecule has 1 spiro atoms. The van der Waals surface area contributed by atoms with Crippen LogP contribution in [0.5, 0.6) is 0 Å². The Morgan fingerprint density at radius 2 is 1.08 bits per heavy atom. The van der Waals surface area contributed by atoms with E-state index in [-0.39, 0.29) is 5.41 Å². The summed E-state index contributed by atoms with van der Waals surface area (Å²) >= 11 is 0. The van der Waals surface area contributed by atoms with E-state index in [0.29, 0.717) is 5.92 Å². The fraction of sp³-hybridized carbons (Fsp3) is 0.138. The molecule has 0 amide bonds. The van der Waals surface area contributed by atoms with Crippen LogP contribution in [-0.4, -0.2) is 0 Å². The predicted octanol–water partition coefficient (Wildman–Crippen LogP) is 15.2. The lowest BCUT2D eigenvalue weighted by Crippen LogP contribution is -2.40. The summed E-state index contributed by atoms with van der Waals surface area (Å²) in [5.74, 6) is 0.410. The SMILES string of the molecule is CC1(C)c2ccccc2C2(c3ccccc3-c3ccc(-c4ccc(N(c5ccc(C6C=CC=CC6)cc5)c5ccccc5C5=CCCC=C5)cc4)cc32)c2ccccc21. The topological polar surface area (TPSA) is 3.24 Å². The number of para-hydroxylation sites is 1. The minimum Gasteiger partial charge on any atom is -0.310 e. The van der Waals surface area contributed by atoms with Crippen LogP contribution in [-0.2, 0) is 10.8 Å². The highest BCUT2D eigenvalue weighted by molar-refractivity contribution is 5.92. The molecule has 0 radical (unpaired) electrons. The fourth-order valence-corrected chi connectivity index (χ4v) is 10.7. The highest BCUT2D eigenvalue weighted by Gasteiger charge is 2.53. The molecule has 1 heteroatoms. The van der Waals surface area contributed by atoms with Crippen molar-refractivity contribution in [3.8, 4) is 22.3 Å². The van der Waals surface area contributed by atoms with Crippen molar-refractivity contribution in [2.24, 2.45) is 0 Å². The van der Waals surface area contributed by atoms with Crippen LogP contribution in [0.4, 0.5) is 17.1 Å². The third-order valence-corrected chi connectivity index (χ3v) is 13.5. The van der Waals surface area contributed by atoms with Crippen molar-refractivity contribution in [1.29, 1.82) is 0 Å². The Hall–Kier alpha value is -6.70. The van der Waals surface area contributed by atoms with E-state index in [2.05, 4.69) is 225 Å². The first-order chi connectivity index (χ1) is 29.0. The molecule has 59 heavy (non-hydrogen) atoms. The van der Waals surface area contributed by atoms with E-state index in [4.69, 9.17) is 0 Å². The average molecular weight is 758 g/mol. The Morgan fingerprint density at radius 3 is 1.75 bits per heavy atom. The number of benzene rings is 7. The molecule has 284 valence electrons. The maximum absolute atomic E-state index is 2.50. The summed E-state index contributed by atoms with van der Waals surface area (Å²) in [7, 11) is 0. The zero-order valence-electron chi connectivity index (χ0n) is 33.8. The first kappa shape index (κ1) is 35.5. The molecule has 0 saturated carbocycles. The first-order valence-electron chi connectivity index (χ1n) is 21.3. The number of fused-ring (bicyclic) bond motifs is 9. The van der Waals surface area contributed by atoms with Gasteiger partial charge in [-0.1, -0.05) is 184 Å². The Bertz CT molecular complexity index is 2830. The second-order valence-electron chi connectivity index (χ2n) is 17.1. The number of allylic oxidation sites excluding steroid dienone is 8. The molecule has 0 heterocycles. The summed E-state index contributed by atoms with van der Waals surface area (Å²) in [4.78, 5) is 2.44. The van der Waals surface area contributed by atoms with Crippen LogP contribution in [0.3, 0.4) is 0 Å². The summed E-state index contributed by atoms with van der Waals surface area (Å²) in [6.45, 7) is 4.78. The highest BCUT2D eigenvalue weighted by Crippen LogP contribution is 2.62. The van der Waals surface area contributed by atoms with Crippen molar-refractivity contribution < 1.29 is 0 Å². The third kappa shape index (κ3) is 5.52. The van der Waals surface area contributed by atoms with Gasteiger partial charge in [-0.2, -0.15) is 0 Å². The van der Waals surface area contributed by atoms with E-state index < -0.39 is 5.41 Å². The highest BCUT2D eigenvalue weighted by atomic mass is 15.1. The molecular formula is C58H47N. The Kier molecular flexibility index (Phi) is 8.41. The average Bonchev–Trinajstić information content (AvgIpc) is 3.60. The summed E-state index contributed by atoms with van der Waals surface area (Å²) in [5.41, 5.74) is 20.2. The number of rotatable bonds is 6. The van der Waals surface area contributed by atoms with Crippen molar-refractivity contribution in [3.05, 3.63) is 251 Å². The molecule has 0 N–H and O–H groups in total. The normalized spacial score (nSPS) is 17.5. The van der Waals surface area contributed by atoms with Gasteiger partial charge in [0, 0.05) is 28.3 Å². The maximum atomic E-state index is 2.50. The van der Waals surface area contributed by atoms with E-state index in [1.54, 1.807) is 0 Å². The standard InChI is InChI=1S/C58H47N/c1-57(2)51-24-12-14-26-53(51)58(54-27-15-13-25-52(54)57)50-23-11-9-22-48(50)49-38-33-44(39-55(49)58)42-31-36-46(37-32-42)59(45-34-29-41(30-35-45)40-17-5-3-6-18-40)56-28-16-10-21-47(56)43-19-7-4-8-20-43/h3,5-7,9-17,19-40H,4,8,18H2,1-2H3. The number of hydrogen-bond donors (Lipinski definition) is 0. The molecule has 11 rings (SSSR count). The van der Waals surface area contributed by atoms with Crippen molar-refractivity contribution in [3.63, 3.8) is 0 Å². The van der Waals surface area contributed by atoms with Crippen molar-refractivity contribution in [2.75, 3.05) is 4.90 Å². The molecule has 0 fully saturated rings. The molecule has 0 saturated heterocycles. The maximum Gasteiger partial charge on any atom is 0.0719 e. The molecule has 1 unspecified atom stereocenters. The molecule has 7 aromatic carbocycles. The summed E-state index contributed by atoms with van der Waals surface area (Å²) in [6, 6.07) is 62.1. The molecule has 1 atom stereocenters. The zero-order valence-corrected chi connectivity index (χ0v) is 33.8. The van der Waals surface area contributed by atoms with Gasteiger partial charge >= 0.3 is 0 Å². The van der Waals surface area contributed by atoms with Gasteiger partial charge in [-0.3, -0.25) is 0 Å². The predicted molar refractivity (Wildman–Crippen MR) is 248 cm³/mol. The van der Waals surface area contributed by atoms with Gasteiger partial charge in [-0.25, -0.2) is 0 Å². The summed E-state index contributed by atoms with van der Waals surface area (Å²) in [5, 5.41) is 0. The van der Waals surface area contributed by atoms with Gasteiger partial charge in [0.15, 0.2) is 0 Å². The Labute approximate surface area is 349 Å². The molecular weight excluding hydrogens is 711 g/mol. The van der Waals surface area contributed by atoms with E-state index >= 15 is 0 Å². The van der Waals surface area contributed by atoms with Gasteiger partial charge in [-0.15, -0.1) is 0 Å². The number of hydrogen-bond acceptors (Lipinski definition) is 1. The van der Waals surface area contributed by atoms with E-state index in [1.807, 2.05) is 0 Å². The van der Waals surface area contributed by atoms with Crippen LogP contribution in [0.25, 0.3) is 27.8 Å². The molecule has 7 aromatic rings. The molecule has 0 bridgehead atoms. The number of anilines is 3. The van der Waals surface area contributed by atoms with E-state index in [0.717, 1.165) is 30.6 Å². The van der Waals surface area contributed by atoms with Gasteiger partial charge in [0.25, 0.3) is 0 Å². The second kappa shape index (κ2) is 14.0. The van der Waals surface area contributed by atoms with Crippen LogP contribution in [0.1, 0.15) is 83.5 Å². The number of nitrogens with zero attached hydrogens (tertiary/aromatic N) is 1. The van der Waals surface area contributed by atoms with Gasteiger partial charge in [0.1, 0.15) is 0 Å². The van der Waals surface area contributed by atoms with Crippen LogP contribution in [0.15, 0.2) is 206 Å². The Morgan fingerprint density at radius 1 is 0.492 bits per heavy atom. The van der Waals surface area contributed by atoms with Crippen LogP contribution in [0.2, 0.25) is 0 Å². The van der Waals surface area contributed by atoms with Gasteiger partial charge < -0.3 is 4.90 Å². The van der Waals surface area contributed by atoms with E-state index in [9.17, 15) is 0 Å². The van der Waals surface area contributed by atoms with Gasteiger partial charge in [0.05, 0.1) is 11.1 Å². The largest absolute Gasteiger partial charge is 0.310 e. The third-order valence-electron chi connectivity index (χ3n) is 13.5. The van der Waals surface area contributed by atoms with Crippen LogP contribution >= 0.6 is 0 Å². The molecule has 1 nitrogen and oxygen atoms in total. The minimum atomic E-state index is -0.413. The quantitative estimate of drug-likeness (QED) is 0.163. The lowest BCUT2D eigenvalue weighted by Gasteiger charge is -2.46. The molecule has 0 aromatic heterocycles. The lowest BCUT2D eigenvalue weighted by atomic mass is 9.55. The Balaban J connectivity index is 1.04.